The monoisotopic (exact) mass is 237 g/mol. The minimum absolute atomic E-state index is 0.498. The summed E-state index contributed by atoms with van der Waals surface area (Å²) < 4.78 is 0. The standard InChI is InChI=1S/C16H29O/c1-2-3-4-5-6-10-13-16(17)14-15-11-8-7-9-12-15/h2-14H2,1H3. The molecule has 0 atom stereocenters. The molecular formula is C16H29O. The first-order chi connectivity index (χ1) is 8.33. The summed E-state index contributed by atoms with van der Waals surface area (Å²) in [5, 5.41) is 0. The fourth-order valence-electron chi connectivity index (χ4n) is 2.70. The summed E-state index contributed by atoms with van der Waals surface area (Å²) in [5.41, 5.74) is 0. The topological polar surface area (TPSA) is 17.1 Å². The minimum Gasteiger partial charge on any atom is -0.300 e. The highest BCUT2D eigenvalue weighted by Gasteiger charge is 2.16. The maximum atomic E-state index is 11.8. The largest absolute Gasteiger partial charge is 0.300 e. The van der Waals surface area contributed by atoms with Gasteiger partial charge in [-0.25, -0.2) is 0 Å². The zero-order chi connectivity index (χ0) is 12.3. The van der Waals surface area contributed by atoms with E-state index in [0.29, 0.717) is 5.78 Å². The molecule has 0 N–H and O–H groups in total. The number of rotatable bonds is 9. The van der Waals surface area contributed by atoms with E-state index in [9.17, 15) is 4.79 Å². The molecule has 0 spiro atoms. The van der Waals surface area contributed by atoms with Gasteiger partial charge in [-0.1, -0.05) is 58.3 Å². The Hall–Kier alpha value is -0.330. The summed E-state index contributed by atoms with van der Waals surface area (Å²) in [7, 11) is 0. The van der Waals surface area contributed by atoms with Crippen molar-refractivity contribution in [3.05, 3.63) is 5.92 Å². The summed E-state index contributed by atoms with van der Waals surface area (Å²) in [6.45, 7) is 2.24. The average molecular weight is 237 g/mol. The van der Waals surface area contributed by atoms with Gasteiger partial charge in [0.1, 0.15) is 5.78 Å². The van der Waals surface area contributed by atoms with Gasteiger partial charge in [-0.05, 0) is 25.2 Å². The number of hydrogen-bond acceptors (Lipinski definition) is 1. The lowest BCUT2D eigenvalue weighted by molar-refractivity contribution is -0.119. The number of hydrogen-bond donors (Lipinski definition) is 0. The Balaban J connectivity index is 1.93. The Morgan fingerprint density at radius 2 is 1.59 bits per heavy atom. The molecule has 0 aromatic rings. The third kappa shape index (κ3) is 7.57. The van der Waals surface area contributed by atoms with E-state index < -0.39 is 0 Å². The molecule has 0 amide bonds. The van der Waals surface area contributed by atoms with Crippen LogP contribution >= 0.6 is 0 Å². The molecular weight excluding hydrogens is 208 g/mol. The van der Waals surface area contributed by atoms with Gasteiger partial charge < -0.3 is 0 Å². The van der Waals surface area contributed by atoms with Crippen LogP contribution in [0.4, 0.5) is 0 Å². The summed E-state index contributed by atoms with van der Waals surface area (Å²) in [6, 6.07) is 0. The van der Waals surface area contributed by atoms with Crippen LogP contribution in [-0.4, -0.2) is 5.78 Å². The fourth-order valence-corrected chi connectivity index (χ4v) is 2.70. The molecule has 0 bridgehead atoms. The summed E-state index contributed by atoms with van der Waals surface area (Å²) in [6.07, 6.45) is 15.8. The molecule has 0 aromatic heterocycles. The highest BCUT2D eigenvalue weighted by atomic mass is 16.1. The van der Waals surface area contributed by atoms with Crippen molar-refractivity contribution in [2.75, 3.05) is 0 Å². The van der Waals surface area contributed by atoms with Crippen molar-refractivity contribution in [1.82, 2.24) is 0 Å². The van der Waals surface area contributed by atoms with E-state index in [4.69, 9.17) is 0 Å². The van der Waals surface area contributed by atoms with Crippen molar-refractivity contribution < 1.29 is 4.79 Å². The van der Waals surface area contributed by atoms with Crippen molar-refractivity contribution in [2.24, 2.45) is 0 Å². The zero-order valence-electron chi connectivity index (χ0n) is 11.6. The first kappa shape index (κ1) is 14.7. The van der Waals surface area contributed by atoms with Crippen LogP contribution in [0.3, 0.4) is 0 Å². The van der Waals surface area contributed by atoms with Crippen molar-refractivity contribution in [3.8, 4) is 0 Å². The van der Waals surface area contributed by atoms with Gasteiger partial charge in [0, 0.05) is 12.8 Å². The van der Waals surface area contributed by atoms with Gasteiger partial charge in [0.2, 0.25) is 0 Å². The maximum absolute atomic E-state index is 11.8. The number of carbonyl (C=O) groups is 1. The van der Waals surface area contributed by atoms with Crippen molar-refractivity contribution in [3.63, 3.8) is 0 Å². The molecule has 1 rings (SSSR count). The second-order valence-corrected chi connectivity index (χ2v) is 5.54. The second kappa shape index (κ2) is 9.67. The molecule has 1 saturated carbocycles. The second-order valence-electron chi connectivity index (χ2n) is 5.54. The van der Waals surface area contributed by atoms with E-state index in [2.05, 4.69) is 6.92 Å². The van der Waals surface area contributed by atoms with E-state index in [1.807, 2.05) is 0 Å². The third-order valence-electron chi connectivity index (χ3n) is 3.82. The SMILES string of the molecule is CCCCCCCCC(=O)C[C]1CCCCC1. The van der Waals surface area contributed by atoms with Crippen LogP contribution in [0, 0.1) is 5.92 Å². The first-order valence-corrected chi connectivity index (χ1v) is 7.68. The summed E-state index contributed by atoms with van der Waals surface area (Å²) in [5.74, 6) is 2.03. The van der Waals surface area contributed by atoms with E-state index in [-0.39, 0.29) is 0 Å². The predicted octanol–water partition coefficient (Wildman–Crippen LogP) is 5.23. The van der Waals surface area contributed by atoms with Gasteiger partial charge in [-0.2, -0.15) is 0 Å². The Morgan fingerprint density at radius 1 is 0.941 bits per heavy atom. The van der Waals surface area contributed by atoms with Gasteiger partial charge in [-0.15, -0.1) is 0 Å². The maximum Gasteiger partial charge on any atom is 0.133 e. The molecule has 17 heavy (non-hydrogen) atoms. The van der Waals surface area contributed by atoms with Crippen LogP contribution in [-0.2, 0) is 4.79 Å². The molecule has 0 aliphatic heterocycles. The normalized spacial score (nSPS) is 17.2. The van der Waals surface area contributed by atoms with Crippen LogP contribution in [0.25, 0.3) is 0 Å². The van der Waals surface area contributed by atoms with Gasteiger partial charge >= 0.3 is 0 Å². The lowest BCUT2D eigenvalue weighted by Gasteiger charge is -2.19. The Labute approximate surface area is 107 Å². The van der Waals surface area contributed by atoms with Crippen LogP contribution in [0.5, 0.6) is 0 Å². The molecule has 99 valence electrons. The highest BCUT2D eigenvalue weighted by Crippen LogP contribution is 2.28. The van der Waals surface area contributed by atoms with Gasteiger partial charge in [0.25, 0.3) is 0 Å². The first-order valence-electron chi connectivity index (χ1n) is 7.68. The predicted molar refractivity (Wildman–Crippen MR) is 73.9 cm³/mol. The molecule has 1 nitrogen and oxygen atoms in total. The minimum atomic E-state index is 0.498. The van der Waals surface area contributed by atoms with Crippen LogP contribution in [0.1, 0.15) is 90.4 Å². The van der Waals surface area contributed by atoms with Gasteiger partial charge in [-0.3, -0.25) is 4.79 Å². The van der Waals surface area contributed by atoms with Crippen molar-refractivity contribution >= 4 is 5.78 Å². The van der Waals surface area contributed by atoms with E-state index >= 15 is 0 Å². The molecule has 0 heterocycles. The van der Waals surface area contributed by atoms with Crippen LogP contribution < -0.4 is 0 Å². The Bertz CT molecular complexity index is 192. The molecule has 1 heteroatoms. The molecule has 0 aromatic carbocycles. The Kier molecular flexibility index (Phi) is 8.38. The smallest absolute Gasteiger partial charge is 0.133 e. The number of carbonyl (C=O) groups excluding carboxylic acids is 1. The van der Waals surface area contributed by atoms with E-state index in [1.54, 1.807) is 0 Å². The van der Waals surface area contributed by atoms with Gasteiger partial charge in [0.15, 0.2) is 0 Å². The average Bonchev–Trinajstić information content (AvgIpc) is 2.35. The van der Waals surface area contributed by atoms with E-state index in [0.717, 1.165) is 19.3 Å². The van der Waals surface area contributed by atoms with Crippen LogP contribution in [0.2, 0.25) is 0 Å². The highest BCUT2D eigenvalue weighted by molar-refractivity contribution is 5.80. The molecule has 1 aliphatic rings. The zero-order valence-corrected chi connectivity index (χ0v) is 11.6. The quantitative estimate of drug-likeness (QED) is 0.501. The van der Waals surface area contributed by atoms with Gasteiger partial charge in [0.05, 0.1) is 0 Å². The third-order valence-corrected chi connectivity index (χ3v) is 3.82. The van der Waals surface area contributed by atoms with E-state index in [1.165, 1.54) is 70.1 Å². The number of Topliss-reactive ketones (excluding diaryl/α,β-unsaturated/α-hetero) is 1. The number of ketones is 1. The molecule has 1 radical (unpaired) electrons. The van der Waals surface area contributed by atoms with Crippen molar-refractivity contribution in [1.29, 1.82) is 0 Å². The molecule has 0 saturated heterocycles. The number of unbranched alkanes of at least 4 members (excludes halogenated alkanes) is 5. The Morgan fingerprint density at radius 3 is 2.29 bits per heavy atom. The summed E-state index contributed by atoms with van der Waals surface area (Å²) in [4.78, 5) is 11.8. The molecule has 1 fully saturated rings. The lowest BCUT2D eigenvalue weighted by atomic mass is 9.85. The summed E-state index contributed by atoms with van der Waals surface area (Å²) >= 11 is 0. The van der Waals surface area contributed by atoms with Crippen LogP contribution in [0.15, 0.2) is 0 Å². The lowest BCUT2D eigenvalue weighted by Crippen LogP contribution is -2.10. The van der Waals surface area contributed by atoms with Crippen molar-refractivity contribution in [2.45, 2.75) is 90.4 Å². The molecule has 1 aliphatic carbocycles. The fraction of sp³-hybridized carbons (Fsp3) is 0.875. The molecule has 0 unspecified atom stereocenters.